The van der Waals surface area contributed by atoms with Gasteiger partial charge in [0.15, 0.2) is 0 Å². The van der Waals surface area contributed by atoms with Gasteiger partial charge in [-0.05, 0) is 44.0 Å². The number of benzene rings is 1. The van der Waals surface area contributed by atoms with Gasteiger partial charge in [0.1, 0.15) is 6.54 Å². The van der Waals surface area contributed by atoms with Crippen LogP contribution in [0.4, 0.5) is 5.69 Å². The first-order chi connectivity index (χ1) is 15.5. The normalized spacial score (nSPS) is 19.0. The first-order valence-electron chi connectivity index (χ1n) is 11.5. The van der Waals surface area contributed by atoms with Crippen LogP contribution in [0.3, 0.4) is 0 Å². The van der Waals surface area contributed by atoms with E-state index in [1.807, 2.05) is 30.9 Å². The summed E-state index contributed by atoms with van der Waals surface area (Å²) in [6.07, 6.45) is 0.910. The molecule has 0 bridgehead atoms. The van der Waals surface area contributed by atoms with Crippen molar-refractivity contribution in [3.8, 4) is 0 Å². The minimum absolute atomic E-state index is 0.00697. The van der Waals surface area contributed by atoms with E-state index in [-0.39, 0.29) is 23.8 Å². The lowest BCUT2D eigenvalue weighted by atomic mass is 9.86. The Balaban J connectivity index is 1.38. The van der Waals surface area contributed by atoms with E-state index in [2.05, 4.69) is 31.1 Å². The number of thiazole rings is 1. The van der Waals surface area contributed by atoms with E-state index in [9.17, 15) is 9.59 Å². The van der Waals surface area contributed by atoms with Crippen LogP contribution in [0.5, 0.6) is 0 Å². The number of carbonyl (C=O) groups is 2. The zero-order valence-electron chi connectivity index (χ0n) is 20.2. The Morgan fingerprint density at radius 2 is 1.94 bits per heavy atom. The molecule has 6 nitrogen and oxygen atoms in total. The second-order valence-corrected chi connectivity index (χ2v) is 11.9. The fourth-order valence-corrected chi connectivity index (χ4v) is 5.60. The summed E-state index contributed by atoms with van der Waals surface area (Å²) in [5.74, 6) is -0.0600. The van der Waals surface area contributed by atoms with Gasteiger partial charge in [0.25, 0.3) is 0 Å². The van der Waals surface area contributed by atoms with Crippen LogP contribution in [0.2, 0.25) is 5.02 Å². The molecule has 8 heteroatoms. The zero-order chi connectivity index (χ0) is 24.0. The molecule has 2 aliphatic heterocycles. The Morgan fingerprint density at radius 3 is 2.64 bits per heavy atom. The molecule has 2 aliphatic rings. The van der Waals surface area contributed by atoms with Crippen molar-refractivity contribution in [1.29, 1.82) is 0 Å². The molecular formula is C25H33ClN4O2S. The van der Waals surface area contributed by atoms with Crippen molar-refractivity contribution in [2.75, 3.05) is 37.6 Å². The summed E-state index contributed by atoms with van der Waals surface area (Å²) in [5, 5.41) is 3.91. The lowest BCUT2D eigenvalue weighted by Gasteiger charge is -2.25. The Hall–Kier alpha value is -1.96. The minimum atomic E-state index is -0.685. The lowest BCUT2D eigenvalue weighted by molar-refractivity contribution is -0.131. The standard InChI is InChI=1S/C25H33ClN4O2S/c1-24(2,3)22-27-18(16-33-22)14-28-9-6-10-29(12-11-28)21(31)15-30-20-8-7-17(26)13-19(20)25(4,5)23(30)32/h7-8,13,16H,6,9-12,14-15H2,1-5H3. The molecule has 0 radical (unpaired) electrons. The number of carbonyl (C=O) groups excluding carboxylic acids is 2. The largest absolute Gasteiger partial charge is 0.340 e. The molecular weight excluding hydrogens is 456 g/mol. The SMILES string of the molecule is CC(C)(C)c1nc(CN2CCCN(C(=O)CN3C(=O)C(C)(C)c4cc(Cl)ccc43)CC2)cs1. The summed E-state index contributed by atoms with van der Waals surface area (Å²) in [5.41, 5.74) is 2.15. The highest BCUT2D eigenvalue weighted by atomic mass is 35.5. The van der Waals surface area contributed by atoms with E-state index >= 15 is 0 Å². The Labute approximate surface area is 205 Å². The van der Waals surface area contributed by atoms with Crippen LogP contribution in [0.25, 0.3) is 0 Å². The van der Waals surface area contributed by atoms with E-state index in [1.165, 1.54) is 0 Å². The van der Waals surface area contributed by atoms with Crippen molar-refractivity contribution in [1.82, 2.24) is 14.8 Å². The molecule has 4 rings (SSSR count). The molecule has 0 N–H and O–H groups in total. The van der Waals surface area contributed by atoms with Gasteiger partial charge in [-0.2, -0.15) is 0 Å². The van der Waals surface area contributed by atoms with Gasteiger partial charge in [-0.1, -0.05) is 32.4 Å². The summed E-state index contributed by atoms with van der Waals surface area (Å²) >= 11 is 7.89. The van der Waals surface area contributed by atoms with Crippen molar-refractivity contribution < 1.29 is 9.59 Å². The summed E-state index contributed by atoms with van der Waals surface area (Å²) in [6, 6.07) is 5.47. The van der Waals surface area contributed by atoms with Crippen molar-refractivity contribution in [3.63, 3.8) is 0 Å². The summed E-state index contributed by atoms with van der Waals surface area (Å²) in [6.45, 7) is 14.3. The van der Waals surface area contributed by atoms with Gasteiger partial charge in [-0.15, -0.1) is 11.3 Å². The van der Waals surface area contributed by atoms with E-state index in [0.29, 0.717) is 18.1 Å². The third-order valence-electron chi connectivity index (χ3n) is 6.52. The van der Waals surface area contributed by atoms with Crippen molar-refractivity contribution in [3.05, 3.63) is 44.9 Å². The summed E-state index contributed by atoms with van der Waals surface area (Å²) in [4.78, 5) is 37.0. The number of anilines is 1. The molecule has 3 heterocycles. The van der Waals surface area contributed by atoms with E-state index in [1.54, 1.807) is 22.3 Å². The van der Waals surface area contributed by atoms with Crippen LogP contribution >= 0.6 is 22.9 Å². The van der Waals surface area contributed by atoms with Crippen LogP contribution < -0.4 is 4.90 Å². The van der Waals surface area contributed by atoms with Crippen molar-refractivity contribution in [2.45, 2.75) is 58.4 Å². The fraction of sp³-hybridized carbons (Fsp3) is 0.560. The van der Waals surface area contributed by atoms with Crippen LogP contribution in [-0.4, -0.2) is 59.3 Å². The third kappa shape index (κ3) is 4.96. The highest BCUT2D eigenvalue weighted by molar-refractivity contribution is 7.09. The predicted octanol–water partition coefficient (Wildman–Crippen LogP) is 4.45. The topological polar surface area (TPSA) is 56.8 Å². The highest BCUT2D eigenvalue weighted by Crippen LogP contribution is 2.42. The number of hydrogen-bond donors (Lipinski definition) is 0. The van der Waals surface area contributed by atoms with E-state index in [4.69, 9.17) is 16.6 Å². The first kappa shape index (κ1) is 24.2. The number of rotatable bonds is 4. The maximum absolute atomic E-state index is 13.2. The molecule has 0 unspecified atom stereocenters. The van der Waals surface area contributed by atoms with Crippen molar-refractivity contribution in [2.24, 2.45) is 0 Å². The van der Waals surface area contributed by atoms with Crippen molar-refractivity contribution >= 4 is 40.4 Å². The highest BCUT2D eigenvalue weighted by Gasteiger charge is 2.44. The molecule has 178 valence electrons. The fourth-order valence-electron chi connectivity index (χ4n) is 4.53. The van der Waals surface area contributed by atoms with Gasteiger partial charge in [-0.3, -0.25) is 14.5 Å². The van der Waals surface area contributed by atoms with Gasteiger partial charge in [0.05, 0.1) is 16.1 Å². The summed E-state index contributed by atoms with van der Waals surface area (Å²) in [7, 11) is 0. The average molecular weight is 489 g/mol. The van der Waals surface area contributed by atoms with E-state index < -0.39 is 5.41 Å². The first-order valence-corrected chi connectivity index (χ1v) is 12.8. The molecule has 1 fully saturated rings. The lowest BCUT2D eigenvalue weighted by Crippen LogP contribution is -2.45. The molecule has 1 aromatic carbocycles. The number of nitrogens with zero attached hydrogens (tertiary/aromatic N) is 4. The number of aromatic nitrogens is 1. The van der Waals surface area contributed by atoms with Gasteiger partial charge in [-0.25, -0.2) is 4.98 Å². The quantitative estimate of drug-likeness (QED) is 0.637. The minimum Gasteiger partial charge on any atom is -0.340 e. The molecule has 1 saturated heterocycles. The number of fused-ring (bicyclic) bond motifs is 1. The Kier molecular flexibility index (Phi) is 6.60. The summed E-state index contributed by atoms with van der Waals surface area (Å²) < 4.78 is 0. The smallest absolute Gasteiger partial charge is 0.242 e. The van der Waals surface area contributed by atoms with Crippen LogP contribution in [0.1, 0.15) is 57.3 Å². The molecule has 1 aromatic heterocycles. The maximum atomic E-state index is 13.2. The molecule has 2 aromatic rings. The Bertz CT molecular complexity index is 1060. The molecule has 0 aliphatic carbocycles. The number of halogens is 1. The monoisotopic (exact) mass is 488 g/mol. The van der Waals surface area contributed by atoms with Gasteiger partial charge in [0, 0.05) is 54.2 Å². The van der Waals surface area contributed by atoms with Gasteiger partial charge < -0.3 is 9.80 Å². The van der Waals surface area contributed by atoms with E-state index in [0.717, 1.165) is 48.0 Å². The predicted molar refractivity (Wildman–Crippen MR) is 134 cm³/mol. The molecule has 0 atom stereocenters. The zero-order valence-corrected chi connectivity index (χ0v) is 21.7. The van der Waals surface area contributed by atoms with Crippen LogP contribution in [-0.2, 0) is 27.0 Å². The molecule has 0 saturated carbocycles. The average Bonchev–Trinajstić information content (AvgIpc) is 3.17. The van der Waals surface area contributed by atoms with Gasteiger partial charge in [0.2, 0.25) is 11.8 Å². The number of hydrogen-bond acceptors (Lipinski definition) is 5. The maximum Gasteiger partial charge on any atom is 0.242 e. The molecule has 0 spiro atoms. The number of amides is 2. The molecule has 33 heavy (non-hydrogen) atoms. The van der Waals surface area contributed by atoms with Gasteiger partial charge >= 0.3 is 0 Å². The molecule has 2 amide bonds. The second-order valence-electron chi connectivity index (χ2n) is 10.6. The third-order valence-corrected chi connectivity index (χ3v) is 8.07. The second kappa shape index (κ2) is 9.01. The van der Waals surface area contributed by atoms with Crippen LogP contribution in [0, 0.1) is 0 Å². The Morgan fingerprint density at radius 1 is 1.18 bits per heavy atom. The van der Waals surface area contributed by atoms with Crippen LogP contribution in [0.15, 0.2) is 23.6 Å².